The van der Waals surface area contributed by atoms with Crippen molar-refractivity contribution in [3.63, 3.8) is 0 Å². The second-order valence-electron chi connectivity index (χ2n) is 3.74. The minimum Gasteiger partial charge on any atom is -0.324 e. The molecule has 0 atom stereocenters. The minimum atomic E-state index is 0.709. The molecule has 17 heavy (non-hydrogen) atoms. The number of benzene rings is 1. The van der Waals surface area contributed by atoms with Crippen LogP contribution in [0.4, 0.5) is 11.6 Å². The van der Waals surface area contributed by atoms with Gasteiger partial charge < -0.3 is 9.88 Å². The molecule has 0 spiro atoms. The van der Waals surface area contributed by atoms with Crippen molar-refractivity contribution in [1.29, 1.82) is 0 Å². The number of nitrogens with zero attached hydrogens (tertiary/aromatic N) is 2. The van der Waals surface area contributed by atoms with Crippen LogP contribution in [0.3, 0.4) is 0 Å². The van der Waals surface area contributed by atoms with Gasteiger partial charge in [0.1, 0.15) is 0 Å². The summed E-state index contributed by atoms with van der Waals surface area (Å²) in [7, 11) is 0. The Morgan fingerprint density at radius 2 is 2.24 bits per heavy atom. The van der Waals surface area contributed by atoms with E-state index < -0.39 is 0 Å². The molecule has 0 radical (unpaired) electrons. The number of rotatable bonds is 3. The summed E-state index contributed by atoms with van der Waals surface area (Å²) in [4.78, 5) is 4.43. The first-order valence-corrected chi connectivity index (χ1v) is 6.81. The van der Waals surface area contributed by atoms with Crippen LogP contribution in [-0.4, -0.2) is 9.55 Å². The van der Waals surface area contributed by atoms with Gasteiger partial charge in [-0.25, -0.2) is 4.98 Å². The highest BCUT2D eigenvalue weighted by atomic mass is 127. The summed E-state index contributed by atoms with van der Waals surface area (Å²) in [6, 6.07) is 5.91. The Morgan fingerprint density at radius 3 is 2.88 bits per heavy atom. The van der Waals surface area contributed by atoms with Crippen molar-refractivity contribution in [2.24, 2.45) is 0 Å². The Kier molecular flexibility index (Phi) is 3.93. The zero-order valence-electron chi connectivity index (χ0n) is 9.67. The molecule has 1 N–H and O–H groups in total. The second-order valence-corrected chi connectivity index (χ2v) is 5.39. The zero-order valence-corrected chi connectivity index (χ0v) is 12.6. The first kappa shape index (κ1) is 12.7. The van der Waals surface area contributed by atoms with Gasteiger partial charge in [0.15, 0.2) is 0 Å². The van der Waals surface area contributed by atoms with Gasteiger partial charge in [0.2, 0.25) is 5.95 Å². The van der Waals surface area contributed by atoms with Crippen LogP contribution in [0, 0.1) is 10.5 Å². The normalized spacial score (nSPS) is 10.6. The van der Waals surface area contributed by atoms with E-state index in [1.165, 1.54) is 0 Å². The summed E-state index contributed by atoms with van der Waals surface area (Å²) in [5, 5.41) is 3.96. The van der Waals surface area contributed by atoms with Gasteiger partial charge >= 0.3 is 0 Å². The molecular formula is C12H13ClIN3. The average Bonchev–Trinajstić information content (AvgIpc) is 2.63. The molecule has 0 bridgehead atoms. The molecule has 3 nitrogen and oxygen atoms in total. The van der Waals surface area contributed by atoms with Crippen molar-refractivity contribution in [3.05, 3.63) is 38.7 Å². The fourth-order valence-corrected chi connectivity index (χ4v) is 2.50. The molecule has 1 aromatic carbocycles. The maximum Gasteiger partial charge on any atom is 0.207 e. The molecule has 0 aliphatic rings. The third-order valence-electron chi connectivity index (χ3n) is 2.42. The molecule has 0 unspecified atom stereocenters. The Morgan fingerprint density at radius 1 is 1.47 bits per heavy atom. The van der Waals surface area contributed by atoms with Crippen molar-refractivity contribution in [2.75, 3.05) is 5.32 Å². The lowest BCUT2D eigenvalue weighted by molar-refractivity contribution is 0.771. The van der Waals surface area contributed by atoms with Crippen LogP contribution in [-0.2, 0) is 6.54 Å². The number of hydrogen-bond acceptors (Lipinski definition) is 2. The number of imidazole rings is 1. The smallest absolute Gasteiger partial charge is 0.207 e. The van der Waals surface area contributed by atoms with Gasteiger partial charge in [-0.2, -0.15) is 0 Å². The lowest BCUT2D eigenvalue weighted by Gasteiger charge is -2.09. The highest BCUT2D eigenvalue weighted by Gasteiger charge is 2.07. The van der Waals surface area contributed by atoms with E-state index in [2.05, 4.69) is 44.4 Å². The van der Waals surface area contributed by atoms with Crippen molar-refractivity contribution in [2.45, 2.75) is 20.4 Å². The van der Waals surface area contributed by atoms with Crippen LogP contribution in [0.5, 0.6) is 0 Å². The van der Waals surface area contributed by atoms with Crippen LogP contribution >= 0.6 is 34.2 Å². The molecule has 5 heteroatoms. The van der Waals surface area contributed by atoms with E-state index in [0.717, 1.165) is 27.4 Å². The first-order valence-electron chi connectivity index (χ1n) is 5.36. The molecule has 0 fully saturated rings. The summed E-state index contributed by atoms with van der Waals surface area (Å²) >= 11 is 8.42. The maximum absolute atomic E-state index is 6.18. The number of aromatic nitrogens is 2. The largest absolute Gasteiger partial charge is 0.324 e. The molecule has 90 valence electrons. The highest BCUT2D eigenvalue weighted by molar-refractivity contribution is 14.1. The topological polar surface area (TPSA) is 29.9 Å². The van der Waals surface area contributed by atoms with Crippen molar-refractivity contribution < 1.29 is 0 Å². The van der Waals surface area contributed by atoms with Crippen LogP contribution in [0.1, 0.15) is 12.6 Å². The third kappa shape index (κ3) is 2.93. The molecule has 2 aromatic rings. The van der Waals surface area contributed by atoms with Gasteiger partial charge in [0.25, 0.3) is 0 Å². The van der Waals surface area contributed by atoms with Crippen LogP contribution < -0.4 is 5.32 Å². The molecule has 0 saturated carbocycles. The molecule has 0 amide bonds. The molecular weight excluding hydrogens is 349 g/mol. The summed E-state index contributed by atoms with van der Waals surface area (Å²) in [6.07, 6.45) is 2.02. The van der Waals surface area contributed by atoms with Gasteiger partial charge in [-0.3, -0.25) is 0 Å². The van der Waals surface area contributed by atoms with Gasteiger partial charge in [0.05, 0.1) is 16.4 Å². The Bertz CT molecular complexity index is 537. The average molecular weight is 362 g/mol. The fraction of sp³-hybridized carbons (Fsp3) is 0.250. The Labute approximate surface area is 119 Å². The summed E-state index contributed by atoms with van der Waals surface area (Å²) < 4.78 is 3.18. The molecule has 0 saturated heterocycles. The van der Waals surface area contributed by atoms with Crippen molar-refractivity contribution in [1.82, 2.24) is 9.55 Å². The lowest BCUT2D eigenvalue weighted by Crippen LogP contribution is -2.01. The monoisotopic (exact) mass is 361 g/mol. The standard InChI is InChI=1S/C12H13ClIN3/c1-3-17-7-8(2)15-12(17)16-11-5-4-9(14)6-10(11)13/h4-7H,3H2,1-2H3,(H,15,16). The zero-order chi connectivity index (χ0) is 12.4. The molecule has 1 heterocycles. The molecule has 0 aliphatic carbocycles. The number of aryl methyl sites for hydroxylation is 2. The Balaban J connectivity index is 2.30. The van der Waals surface area contributed by atoms with Gasteiger partial charge in [-0.05, 0) is 54.6 Å². The van der Waals surface area contributed by atoms with Crippen LogP contribution in [0.15, 0.2) is 24.4 Å². The number of nitrogens with one attached hydrogen (secondary N) is 1. The summed E-state index contributed by atoms with van der Waals surface area (Å²) in [5.74, 6) is 0.827. The first-order chi connectivity index (χ1) is 8.10. The third-order valence-corrected chi connectivity index (χ3v) is 3.40. The van der Waals surface area contributed by atoms with E-state index in [-0.39, 0.29) is 0 Å². The van der Waals surface area contributed by atoms with E-state index >= 15 is 0 Å². The lowest BCUT2D eigenvalue weighted by atomic mass is 10.3. The predicted molar refractivity (Wildman–Crippen MR) is 80.1 cm³/mol. The van der Waals surface area contributed by atoms with Gasteiger partial charge in [0, 0.05) is 16.3 Å². The number of anilines is 2. The quantitative estimate of drug-likeness (QED) is 0.830. The van der Waals surface area contributed by atoms with E-state index in [4.69, 9.17) is 11.6 Å². The van der Waals surface area contributed by atoms with E-state index in [1.54, 1.807) is 0 Å². The number of hydrogen-bond donors (Lipinski definition) is 1. The maximum atomic E-state index is 6.18. The summed E-state index contributed by atoms with van der Waals surface area (Å²) in [6.45, 7) is 4.94. The van der Waals surface area contributed by atoms with E-state index in [0.29, 0.717) is 5.02 Å². The SMILES string of the molecule is CCn1cc(C)nc1Nc1ccc(I)cc1Cl. The van der Waals surface area contributed by atoms with Crippen LogP contribution in [0.2, 0.25) is 5.02 Å². The fourth-order valence-electron chi connectivity index (χ4n) is 1.60. The van der Waals surface area contributed by atoms with E-state index in [1.807, 2.05) is 31.3 Å². The summed E-state index contributed by atoms with van der Waals surface area (Å²) in [5.41, 5.74) is 1.88. The van der Waals surface area contributed by atoms with E-state index in [9.17, 15) is 0 Å². The van der Waals surface area contributed by atoms with Gasteiger partial charge in [-0.1, -0.05) is 11.6 Å². The molecule has 2 rings (SSSR count). The van der Waals surface area contributed by atoms with Crippen LogP contribution in [0.25, 0.3) is 0 Å². The predicted octanol–water partition coefficient (Wildman–Crippen LogP) is 4.21. The molecule has 1 aromatic heterocycles. The van der Waals surface area contributed by atoms with Crippen molar-refractivity contribution >= 4 is 45.8 Å². The number of halogens is 2. The molecule has 0 aliphatic heterocycles. The minimum absolute atomic E-state index is 0.709. The van der Waals surface area contributed by atoms with Gasteiger partial charge in [-0.15, -0.1) is 0 Å². The highest BCUT2D eigenvalue weighted by Crippen LogP contribution is 2.26. The van der Waals surface area contributed by atoms with Crippen molar-refractivity contribution in [3.8, 4) is 0 Å². The Hall–Kier alpha value is -0.750. The second kappa shape index (κ2) is 5.27.